The van der Waals surface area contributed by atoms with E-state index in [1.807, 2.05) is 0 Å². The van der Waals surface area contributed by atoms with Gasteiger partial charge < -0.3 is 9.38 Å². The van der Waals surface area contributed by atoms with Gasteiger partial charge in [0.25, 0.3) is 0 Å². The molecule has 274 valence electrons. The quantitative estimate of drug-likeness (QED) is 0.164. The van der Waals surface area contributed by atoms with Crippen LogP contribution in [0.1, 0.15) is 52.7 Å². The average Bonchev–Trinajstić information content (AvgIpc) is 3.57. The van der Waals surface area contributed by atoms with Crippen LogP contribution in [-0.2, 0) is 10.8 Å². The molecule has 0 fully saturated rings. The highest BCUT2D eigenvalue weighted by Crippen LogP contribution is 2.49. The molecule has 2 aliphatic heterocycles. The minimum Gasteiger partial charge on any atom is -0.375 e. The Hall–Kier alpha value is -6.32. The van der Waals surface area contributed by atoms with Gasteiger partial charge in [0.05, 0.1) is 0 Å². The summed E-state index contributed by atoms with van der Waals surface area (Å²) in [6.45, 7) is 14.1. The lowest BCUT2D eigenvalue weighted by Crippen LogP contribution is -2.57. The van der Waals surface area contributed by atoms with Gasteiger partial charge in [-0.05, 0) is 114 Å². The summed E-state index contributed by atoms with van der Waals surface area (Å²) < 4.78 is 2.71. The molecule has 2 aliphatic rings. The molecule has 0 spiro atoms. The van der Waals surface area contributed by atoms with E-state index in [0.29, 0.717) is 0 Å². The number of fused-ring (bicyclic) bond motifs is 9. The SMILES string of the molecule is CC(C)(C)c1cc2c3c(c1)N(c1ccc(-c4ccccc4)cc1)c1ccc(-c4ccccc4)cc1B3n1c3ccc4ccccc4c3c3cc(C(C)(C)C)cc-2c31. The number of anilines is 3. The lowest BCUT2D eigenvalue weighted by molar-refractivity contribution is 0.590. The van der Waals surface area contributed by atoms with Gasteiger partial charge in [0.15, 0.2) is 0 Å². The fraction of sp³-hybridized carbons (Fsp3) is 0.148. The van der Waals surface area contributed by atoms with Gasteiger partial charge >= 0.3 is 6.85 Å². The number of aromatic nitrogens is 1. The van der Waals surface area contributed by atoms with Crippen molar-refractivity contribution >= 4 is 67.4 Å². The van der Waals surface area contributed by atoms with E-state index in [2.05, 4.69) is 215 Å². The van der Waals surface area contributed by atoms with E-state index in [4.69, 9.17) is 0 Å². The molecule has 3 heterocycles. The van der Waals surface area contributed by atoms with E-state index in [1.54, 1.807) is 0 Å². The summed E-state index contributed by atoms with van der Waals surface area (Å²) in [6, 6.07) is 61.7. The summed E-state index contributed by atoms with van der Waals surface area (Å²) in [6.07, 6.45) is 0. The number of hydrogen-bond acceptors (Lipinski definition) is 1. The van der Waals surface area contributed by atoms with Crippen LogP contribution in [0.5, 0.6) is 0 Å². The number of hydrogen-bond donors (Lipinski definition) is 0. The van der Waals surface area contributed by atoms with Crippen molar-refractivity contribution in [2.75, 3.05) is 4.90 Å². The van der Waals surface area contributed by atoms with Gasteiger partial charge in [-0.3, -0.25) is 0 Å². The fourth-order valence-corrected chi connectivity index (χ4v) is 9.67. The Labute approximate surface area is 336 Å². The van der Waals surface area contributed by atoms with Crippen molar-refractivity contribution in [1.29, 1.82) is 0 Å². The van der Waals surface area contributed by atoms with Crippen LogP contribution in [0.3, 0.4) is 0 Å². The van der Waals surface area contributed by atoms with Crippen molar-refractivity contribution in [3.63, 3.8) is 0 Å². The molecule has 11 rings (SSSR count). The van der Waals surface area contributed by atoms with E-state index in [9.17, 15) is 0 Å². The zero-order chi connectivity index (χ0) is 38.8. The lowest BCUT2D eigenvalue weighted by atomic mass is 9.44. The molecule has 0 N–H and O–H groups in total. The van der Waals surface area contributed by atoms with Crippen molar-refractivity contribution in [2.24, 2.45) is 0 Å². The van der Waals surface area contributed by atoms with E-state index >= 15 is 0 Å². The molecule has 0 atom stereocenters. The lowest BCUT2D eigenvalue weighted by Gasteiger charge is -2.42. The Morgan fingerprint density at radius 1 is 0.456 bits per heavy atom. The first kappa shape index (κ1) is 34.0. The Balaban J connectivity index is 1.29. The molecule has 0 saturated carbocycles. The highest BCUT2D eigenvalue weighted by molar-refractivity contribution is 6.90. The normalized spacial score (nSPS) is 13.4. The van der Waals surface area contributed by atoms with Gasteiger partial charge in [0.2, 0.25) is 0 Å². The highest BCUT2D eigenvalue weighted by Gasteiger charge is 2.44. The summed E-state index contributed by atoms with van der Waals surface area (Å²) in [5, 5.41) is 5.28. The fourth-order valence-electron chi connectivity index (χ4n) is 9.67. The summed E-state index contributed by atoms with van der Waals surface area (Å²) in [5.41, 5.74) is 19.2. The summed E-state index contributed by atoms with van der Waals surface area (Å²) >= 11 is 0. The molecule has 0 aliphatic carbocycles. The van der Waals surface area contributed by atoms with Crippen molar-refractivity contribution in [3.05, 3.63) is 175 Å². The van der Waals surface area contributed by atoms with Crippen molar-refractivity contribution < 1.29 is 0 Å². The van der Waals surface area contributed by atoms with Crippen LogP contribution in [0.15, 0.2) is 164 Å². The minimum atomic E-state index is -0.0670. The Morgan fingerprint density at radius 2 is 1.05 bits per heavy atom. The molecule has 3 heteroatoms. The number of rotatable bonds is 3. The van der Waals surface area contributed by atoms with Crippen LogP contribution in [0.2, 0.25) is 0 Å². The molecule has 9 aromatic rings. The summed E-state index contributed by atoms with van der Waals surface area (Å²) in [5.74, 6) is 0. The standard InChI is InChI=1S/C54H45BN2/c1-53(2,3)39-31-44-43-30-40(54(4,5)6)33-49-51(43)55(57-48-28-23-37-19-13-14-20-42(37)50(48)45(32-39)52(44)57)46-29-38(35-17-11-8-12-18-35)24-27-47(46)56(49)41-25-21-36(22-26-41)34-15-9-7-10-16-34/h7-33H,1-6H3. The largest absolute Gasteiger partial charge is 0.375 e. The molecule has 0 saturated heterocycles. The summed E-state index contributed by atoms with van der Waals surface area (Å²) in [7, 11) is 0. The third-order valence-corrected chi connectivity index (χ3v) is 12.6. The second-order valence-corrected chi connectivity index (χ2v) is 18.2. The molecule has 0 radical (unpaired) electrons. The first-order valence-corrected chi connectivity index (χ1v) is 20.4. The van der Waals surface area contributed by atoms with Gasteiger partial charge in [-0.25, -0.2) is 0 Å². The topological polar surface area (TPSA) is 8.17 Å². The minimum absolute atomic E-state index is 0.0309. The molecular formula is C54H45BN2. The second-order valence-electron chi connectivity index (χ2n) is 18.2. The Bertz CT molecular complexity index is 3070. The van der Waals surface area contributed by atoms with Crippen LogP contribution in [0.4, 0.5) is 17.1 Å². The molecule has 8 aromatic carbocycles. The van der Waals surface area contributed by atoms with Gasteiger partial charge in [-0.2, -0.15) is 0 Å². The maximum absolute atomic E-state index is 2.71. The maximum Gasteiger partial charge on any atom is 0.333 e. The van der Waals surface area contributed by atoms with Crippen LogP contribution >= 0.6 is 0 Å². The maximum atomic E-state index is 2.71. The van der Waals surface area contributed by atoms with Crippen LogP contribution < -0.4 is 15.8 Å². The van der Waals surface area contributed by atoms with Crippen molar-refractivity contribution in [3.8, 4) is 33.4 Å². The van der Waals surface area contributed by atoms with Crippen LogP contribution in [-0.4, -0.2) is 11.3 Å². The van der Waals surface area contributed by atoms with Crippen LogP contribution in [0.25, 0.3) is 66.0 Å². The molecule has 0 unspecified atom stereocenters. The summed E-state index contributed by atoms with van der Waals surface area (Å²) in [4.78, 5) is 2.56. The van der Waals surface area contributed by atoms with Crippen LogP contribution in [0, 0.1) is 0 Å². The van der Waals surface area contributed by atoms with E-state index in [-0.39, 0.29) is 17.7 Å². The third kappa shape index (κ3) is 5.11. The number of nitrogens with zero attached hydrogens (tertiary/aromatic N) is 2. The Morgan fingerprint density at radius 3 is 1.75 bits per heavy atom. The average molecular weight is 733 g/mol. The van der Waals surface area contributed by atoms with Gasteiger partial charge in [-0.1, -0.05) is 163 Å². The molecule has 0 amide bonds. The molecular weight excluding hydrogens is 687 g/mol. The Kier molecular flexibility index (Phi) is 7.21. The second kappa shape index (κ2) is 12.1. The smallest absolute Gasteiger partial charge is 0.333 e. The van der Waals surface area contributed by atoms with E-state index in [1.165, 1.54) is 99.4 Å². The van der Waals surface area contributed by atoms with Crippen molar-refractivity contribution in [2.45, 2.75) is 52.4 Å². The first-order chi connectivity index (χ1) is 27.5. The predicted octanol–water partition coefficient (Wildman–Crippen LogP) is 13.3. The van der Waals surface area contributed by atoms with Crippen molar-refractivity contribution in [1.82, 2.24) is 4.48 Å². The highest BCUT2D eigenvalue weighted by atomic mass is 15.2. The van der Waals surface area contributed by atoms with E-state index < -0.39 is 0 Å². The molecule has 2 nitrogen and oxygen atoms in total. The molecule has 0 bridgehead atoms. The zero-order valence-electron chi connectivity index (χ0n) is 33.6. The zero-order valence-corrected chi connectivity index (χ0v) is 33.6. The monoisotopic (exact) mass is 732 g/mol. The first-order valence-electron chi connectivity index (χ1n) is 20.4. The number of benzene rings is 8. The third-order valence-electron chi connectivity index (χ3n) is 12.6. The predicted molar refractivity (Wildman–Crippen MR) is 246 cm³/mol. The van der Waals surface area contributed by atoms with Gasteiger partial charge in [-0.15, -0.1) is 0 Å². The van der Waals surface area contributed by atoms with Gasteiger partial charge in [0, 0.05) is 44.4 Å². The van der Waals surface area contributed by atoms with E-state index in [0.717, 1.165) is 5.69 Å². The molecule has 1 aromatic heterocycles. The molecule has 57 heavy (non-hydrogen) atoms. The van der Waals surface area contributed by atoms with Gasteiger partial charge in [0.1, 0.15) is 0 Å².